The Hall–Kier alpha value is -3.98. The molecule has 0 radical (unpaired) electrons. The molecule has 0 aliphatic heterocycles. The van der Waals surface area contributed by atoms with E-state index in [0.29, 0.717) is 0 Å². The van der Waals surface area contributed by atoms with Gasteiger partial charge in [0.1, 0.15) is 0 Å². The smallest absolute Gasteiger partial charge is 0.0403 e. The Morgan fingerprint density at radius 1 is 0.486 bits per heavy atom. The number of fused-ring (bicyclic) bond motifs is 13. The fraction of sp³-hybridized carbons (Fsp3) is 0.0286. The zero-order valence-corrected chi connectivity index (χ0v) is 21.5. The molecular weight excluding hydrogens is 485 g/mol. The van der Waals surface area contributed by atoms with Crippen molar-refractivity contribution in [1.29, 1.82) is 0 Å². The van der Waals surface area contributed by atoms with Gasteiger partial charge in [-0.15, -0.1) is 22.7 Å². The van der Waals surface area contributed by atoms with Crippen LogP contribution in [0, 0.1) is 0 Å². The van der Waals surface area contributed by atoms with Gasteiger partial charge in [0.15, 0.2) is 0 Å². The van der Waals surface area contributed by atoms with E-state index in [0.717, 1.165) is 6.42 Å². The van der Waals surface area contributed by atoms with E-state index in [1.807, 2.05) is 22.7 Å². The molecule has 2 heterocycles. The average molecular weight is 505 g/mol. The Labute approximate surface area is 222 Å². The zero-order chi connectivity index (χ0) is 24.1. The number of hydrogen-bond acceptors (Lipinski definition) is 2. The van der Waals surface area contributed by atoms with Crippen LogP contribution >= 0.6 is 22.7 Å². The number of thiophene rings is 2. The molecule has 37 heavy (non-hydrogen) atoms. The molecule has 0 saturated carbocycles. The lowest BCUT2D eigenvalue weighted by Crippen LogP contribution is -1.85. The predicted molar refractivity (Wildman–Crippen MR) is 163 cm³/mol. The fourth-order valence-corrected chi connectivity index (χ4v) is 8.83. The van der Waals surface area contributed by atoms with E-state index < -0.39 is 0 Å². The van der Waals surface area contributed by atoms with E-state index in [1.165, 1.54) is 84.5 Å². The van der Waals surface area contributed by atoms with Crippen LogP contribution in [0.5, 0.6) is 0 Å². The third kappa shape index (κ3) is 2.72. The molecule has 9 rings (SSSR count). The summed E-state index contributed by atoms with van der Waals surface area (Å²) in [5.41, 5.74) is 8.39. The minimum Gasteiger partial charge on any atom is -0.135 e. The van der Waals surface area contributed by atoms with Crippen LogP contribution in [0.1, 0.15) is 11.1 Å². The molecule has 0 fully saturated rings. The van der Waals surface area contributed by atoms with Crippen molar-refractivity contribution < 1.29 is 0 Å². The molecule has 0 amide bonds. The van der Waals surface area contributed by atoms with Crippen LogP contribution in [-0.4, -0.2) is 0 Å². The lowest BCUT2D eigenvalue weighted by molar-refractivity contribution is 1.29. The second-order valence-electron chi connectivity index (χ2n) is 10.1. The summed E-state index contributed by atoms with van der Waals surface area (Å²) in [5, 5.41) is 8.27. The molecule has 0 saturated heterocycles. The maximum Gasteiger partial charge on any atom is 0.0403 e. The van der Waals surface area contributed by atoms with Gasteiger partial charge in [-0.1, -0.05) is 84.9 Å². The molecule has 172 valence electrons. The van der Waals surface area contributed by atoms with Crippen LogP contribution in [0.3, 0.4) is 0 Å². The van der Waals surface area contributed by atoms with Crippen LogP contribution in [0.4, 0.5) is 0 Å². The van der Waals surface area contributed by atoms with Gasteiger partial charge in [0, 0.05) is 46.8 Å². The summed E-state index contributed by atoms with van der Waals surface area (Å²) in [5.74, 6) is 0. The van der Waals surface area contributed by atoms with E-state index in [4.69, 9.17) is 0 Å². The predicted octanol–water partition coefficient (Wildman–Crippen LogP) is 10.8. The first-order chi connectivity index (χ1) is 18.3. The van der Waals surface area contributed by atoms with Gasteiger partial charge < -0.3 is 0 Å². The van der Waals surface area contributed by atoms with E-state index in [9.17, 15) is 0 Å². The second-order valence-corrected chi connectivity index (χ2v) is 12.2. The molecule has 0 N–H and O–H groups in total. The summed E-state index contributed by atoms with van der Waals surface area (Å²) in [7, 11) is 0. The van der Waals surface area contributed by atoms with E-state index in [2.05, 4.69) is 109 Å². The standard InChI is InChI=1S/C35H20S2/c1-2-8-23-22(7-1)18-29-33(23)25-10-3-4-11-26(25)34-27-15-13-21(19-32(27)37-35(29)34)20-14-16-31-28(17-20)24-9-5-6-12-30(24)36-31/h1-17,19H,18H2. The van der Waals surface area contributed by atoms with Crippen molar-refractivity contribution in [2.24, 2.45) is 0 Å². The molecule has 0 bridgehead atoms. The van der Waals surface area contributed by atoms with Gasteiger partial charge in [0.25, 0.3) is 0 Å². The van der Waals surface area contributed by atoms with Gasteiger partial charge in [-0.2, -0.15) is 0 Å². The van der Waals surface area contributed by atoms with E-state index >= 15 is 0 Å². The maximum atomic E-state index is 2.42. The first-order valence-corrected chi connectivity index (χ1v) is 14.4. The lowest BCUT2D eigenvalue weighted by Gasteiger charge is -2.10. The molecule has 1 aliphatic rings. The summed E-state index contributed by atoms with van der Waals surface area (Å²) < 4.78 is 5.54. The topological polar surface area (TPSA) is 0 Å². The Kier molecular flexibility index (Phi) is 3.96. The molecule has 2 heteroatoms. The Bertz CT molecular complexity index is 2220. The highest BCUT2D eigenvalue weighted by atomic mass is 32.1. The lowest BCUT2D eigenvalue weighted by atomic mass is 9.94. The number of hydrogen-bond donors (Lipinski definition) is 0. The van der Waals surface area contributed by atoms with Crippen LogP contribution in [0.2, 0.25) is 0 Å². The number of rotatable bonds is 1. The van der Waals surface area contributed by atoms with Gasteiger partial charge >= 0.3 is 0 Å². The Morgan fingerprint density at radius 3 is 2.16 bits per heavy atom. The highest BCUT2D eigenvalue weighted by Gasteiger charge is 2.25. The first kappa shape index (κ1) is 20.1. The molecule has 0 spiro atoms. The first-order valence-electron chi connectivity index (χ1n) is 12.7. The van der Waals surface area contributed by atoms with Gasteiger partial charge in [0.05, 0.1) is 0 Å². The zero-order valence-electron chi connectivity index (χ0n) is 19.9. The van der Waals surface area contributed by atoms with Gasteiger partial charge in [0.2, 0.25) is 0 Å². The quantitative estimate of drug-likeness (QED) is 0.208. The largest absolute Gasteiger partial charge is 0.135 e. The minimum atomic E-state index is 1.02. The van der Waals surface area contributed by atoms with Gasteiger partial charge in [-0.3, -0.25) is 0 Å². The molecule has 0 atom stereocenters. The van der Waals surface area contributed by atoms with E-state index in [1.54, 1.807) is 0 Å². The van der Waals surface area contributed by atoms with Crippen molar-refractivity contribution in [3.05, 3.63) is 120 Å². The van der Waals surface area contributed by atoms with Crippen molar-refractivity contribution in [3.8, 4) is 22.3 Å². The highest BCUT2D eigenvalue weighted by Crippen LogP contribution is 2.50. The minimum absolute atomic E-state index is 1.02. The van der Waals surface area contributed by atoms with E-state index in [-0.39, 0.29) is 0 Å². The molecular formula is C35H20S2. The van der Waals surface area contributed by atoms with Crippen molar-refractivity contribution in [2.75, 3.05) is 0 Å². The van der Waals surface area contributed by atoms with Crippen LogP contribution in [-0.2, 0) is 6.42 Å². The molecule has 2 aromatic heterocycles. The van der Waals surface area contributed by atoms with Crippen molar-refractivity contribution >= 4 is 73.8 Å². The summed E-state index contributed by atoms with van der Waals surface area (Å²) in [6.45, 7) is 0. The third-order valence-electron chi connectivity index (χ3n) is 8.10. The summed E-state index contributed by atoms with van der Waals surface area (Å²) in [6, 6.07) is 40.8. The summed E-state index contributed by atoms with van der Waals surface area (Å²) in [6.07, 6.45) is 1.02. The fourth-order valence-electron chi connectivity index (χ4n) is 6.44. The molecule has 0 unspecified atom stereocenters. The molecule has 0 nitrogen and oxygen atoms in total. The van der Waals surface area contributed by atoms with Crippen LogP contribution < -0.4 is 0 Å². The molecule has 8 aromatic rings. The SMILES string of the molecule is c1ccc2c(c1)Cc1c-2c2ccccc2c2c1sc1cc(-c3ccc4sc5ccccc5c4c3)ccc12. The monoisotopic (exact) mass is 504 g/mol. The molecule has 6 aromatic carbocycles. The van der Waals surface area contributed by atoms with Gasteiger partial charge in [-0.25, -0.2) is 0 Å². The van der Waals surface area contributed by atoms with Crippen molar-refractivity contribution in [3.63, 3.8) is 0 Å². The highest BCUT2D eigenvalue weighted by molar-refractivity contribution is 7.26. The summed E-state index contributed by atoms with van der Waals surface area (Å²) >= 11 is 3.85. The molecule has 1 aliphatic carbocycles. The average Bonchev–Trinajstić information content (AvgIpc) is 3.63. The van der Waals surface area contributed by atoms with Crippen molar-refractivity contribution in [1.82, 2.24) is 0 Å². The summed E-state index contributed by atoms with van der Waals surface area (Å²) in [4.78, 5) is 0. The Balaban J connectivity index is 1.31. The second kappa shape index (κ2) is 7.29. The van der Waals surface area contributed by atoms with Crippen molar-refractivity contribution in [2.45, 2.75) is 6.42 Å². The van der Waals surface area contributed by atoms with Crippen LogP contribution in [0.15, 0.2) is 109 Å². The number of benzene rings is 6. The van der Waals surface area contributed by atoms with Crippen LogP contribution in [0.25, 0.3) is 73.4 Å². The van der Waals surface area contributed by atoms with Gasteiger partial charge in [-0.05, 0) is 68.4 Å². The third-order valence-corrected chi connectivity index (χ3v) is 10.5. The maximum absolute atomic E-state index is 2.42. The Morgan fingerprint density at radius 2 is 1.22 bits per heavy atom. The normalized spacial score (nSPS) is 12.8.